The van der Waals surface area contributed by atoms with Crippen LogP contribution in [0.15, 0.2) is 60.0 Å². The van der Waals surface area contributed by atoms with E-state index in [4.69, 9.17) is 9.47 Å². The Balaban J connectivity index is 1.65. The summed E-state index contributed by atoms with van der Waals surface area (Å²) in [6.07, 6.45) is 2.03. The highest BCUT2D eigenvalue weighted by Gasteiger charge is 2.15. The largest absolute Gasteiger partial charge is 0.493 e. The number of para-hydroxylation sites is 1. The number of nitrogens with one attached hydrogen (secondary N) is 2. The molecule has 0 saturated carbocycles. The minimum atomic E-state index is -0.274. The highest BCUT2D eigenvalue weighted by Crippen LogP contribution is 2.28. The second-order valence-corrected chi connectivity index (χ2v) is 7.79. The van der Waals surface area contributed by atoms with Gasteiger partial charge in [-0.05, 0) is 47.7 Å². The van der Waals surface area contributed by atoms with Gasteiger partial charge in [0, 0.05) is 6.54 Å². The van der Waals surface area contributed by atoms with E-state index < -0.39 is 0 Å². The molecular formula is C24H26N2O4S. The molecule has 0 spiro atoms. The quantitative estimate of drug-likeness (QED) is 0.431. The average molecular weight is 439 g/mol. The molecule has 31 heavy (non-hydrogen) atoms. The Labute approximate surface area is 186 Å². The van der Waals surface area contributed by atoms with Crippen LogP contribution in [0.2, 0.25) is 0 Å². The first-order valence-corrected chi connectivity index (χ1v) is 11.0. The predicted molar refractivity (Wildman–Crippen MR) is 123 cm³/mol. The van der Waals surface area contributed by atoms with Crippen molar-refractivity contribution in [2.45, 2.75) is 26.3 Å². The van der Waals surface area contributed by atoms with E-state index in [1.807, 2.05) is 29.6 Å². The monoisotopic (exact) mass is 438 g/mol. The number of carbonyl (C=O) groups excluding carboxylic acids is 2. The van der Waals surface area contributed by atoms with Crippen LogP contribution in [0.4, 0.5) is 5.69 Å². The maximum Gasteiger partial charge on any atom is 0.265 e. The summed E-state index contributed by atoms with van der Waals surface area (Å²) in [5, 5.41) is 7.55. The topological polar surface area (TPSA) is 76.7 Å². The van der Waals surface area contributed by atoms with Crippen LogP contribution in [0, 0.1) is 0 Å². The minimum Gasteiger partial charge on any atom is -0.493 e. The number of ether oxygens (including phenoxy) is 2. The molecule has 2 aromatic carbocycles. The zero-order valence-electron chi connectivity index (χ0n) is 17.6. The van der Waals surface area contributed by atoms with Crippen LogP contribution in [0.5, 0.6) is 11.5 Å². The Morgan fingerprint density at radius 2 is 1.84 bits per heavy atom. The number of benzene rings is 2. The molecule has 0 saturated heterocycles. The number of amides is 2. The van der Waals surface area contributed by atoms with Gasteiger partial charge < -0.3 is 20.1 Å². The van der Waals surface area contributed by atoms with Gasteiger partial charge in [-0.25, -0.2) is 0 Å². The fourth-order valence-corrected chi connectivity index (χ4v) is 3.55. The maximum absolute atomic E-state index is 12.8. The third kappa shape index (κ3) is 6.08. The van der Waals surface area contributed by atoms with Crippen molar-refractivity contribution in [2.75, 3.05) is 19.0 Å². The van der Waals surface area contributed by atoms with Gasteiger partial charge in [0.15, 0.2) is 11.5 Å². The Morgan fingerprint density at radius 3 is 2.58 bits per heavy atom. The Hall–Kier alpha value is -3.32. The van der Waals surface area contributed by atoms with Gasteiger partial charge in [-0.15, -0.1) is 11.3 Å². The molecule has 7 heteroatoms. The molecule has 3 rings (SSSR count). The number of rotatable bonds is 10. The second kappa shape index (κ2) is 11.2. The van der Waals surface area contributed by atoms with Crippen molar-refractivity contribution in [1.29, 1.82) is 0 Å². The molecule has 1 aromatic heterocycles. The molecule has 2 amide bonds. The lowest BCUT2D eigenvalue weighted by atomic mass is 10.1. The standard InChI is InChI=1S/C24H26N2O4S/c1-3-4-13-30-20-12-11-17(15-21(20)29-2)16-25-23(27)18-8-5-6-9-19(18)26-24(28)22-10-7-14-31-22/h5-12,14-15H,3-4,13,16H2,1-2H3,(H,25,27)(H,26,28). The average Bonchev–Trinajstić information content (AvgIpc) is 3.34. The van der Waals surface area contributed by atoms with E-state index in [1.165, 1.54) is 11.3 Å². The van der Waals surface area contributed by atoms with Crippen molar-refractivity contribution in [3.63, 3.8) is 0 Å². The molecule has 162 valence electrons. The first kappa shape index (κ1) is 22.4. The van der Waals surface area contributed by atoms with E-state index in [2.05, 4.69) is 17.6 Å². The molecule has 0 aliphatic rings. The normalized spacial score (nSPS) is 10.4. The van der Waals surface area contributed by atoms with E-state index in [-0.39, 0.29) is 11.8 Å². The van der Waals surface area contributed by atoms with Gasteiger partial charge in [-0.3, -0.25) is 9.59 Å². The smallest absolute Gasteiger partial charge is 0.265 e. The van der Waals surface area contributed by atoms with E-state index >= 15 is 0 Å². The molecule has 6 nitrogen and oxygen atoms in total. The van der Waals surface area contributed by atoms with Gasteiger partial charge in [0.25, 0.3) is 11.8 Å². The molecule has 0 bridgehead atoms. The third-order valence-corrected chi connectivity index (χ3v) is 5.47. The van der Waals surface area contributed by atoms with Gasteiger partial charge >= 0.3 is 0 Å². The summed E-state index contributed by atoms with van der Waals surface area (Å²) in [7, 11) is 1.59. The molecule has 3 aromatic rings. The highest BCUT2D eigenvalue weighted by atomic mass is 32.1. The van der Waals surface area contributed by atoms with Gasteiger partial charge in [0.05, 0.1) is 29.8 Å². The molecular weight excluding hydrogens is 412 g/mol. The highest BCUT2D eigenvalue weighted by molar-refractivity contribution is 7.12. The van der Waals surface area contributed by atoms with E-state index in [1.54, 1.807) is 37.4 Å². The first-order valence-electron chi connectivity index (χ1n) is 10.1. The molecule has 0 unspecified atom stereocenters. The molecule has 0 atom stereocenters. The van der Waals surface area contributed by atoms with Crippen molar-refractivity contribution in [1.82, 2.24) is 5.32 Å². The van der Waals surface area contributed by atoms with Gasteiger partial charge in [0.1, 0.15) is 0 Å². The minimum absolute atomic E-state index is 0.237. The number of methoxy groups -OCH3 is 1. The summed E-state index contributed by atoms with van der Waals surface area (Å²) in [4.78, 5) is 25.7. The van der Waals surface area contributed by atoms with Crippen LogP contribution >= 0.6 is 11.3 Å². The van der Waals surface area contributed by atoms with E-state index in [9.17, 15) is 9.59 Å². The SMILES string of the molecule is CCCCOc1ccc(CNC(=O)c2ccccc2NC(=O)c2cccs2)cc1OC. The van der Waals surface area contributed by atoms with Crippen LogP contribution in [0.25, 0.3) is 0 Å². The number of hydrogen-bond donors (Lipinski definition) is 2. The lowest BCUT2D eigenvalue weighted by Crippen LogP contribution is -2.24. The van der Waals surface area contributed by atoms with Crippen LogP contribution in [0.1, 0.15) is 45.4 Å². The lowest BCUT2D eigenvalue weighted by Gasteiger charge is -2.13. The summed E-state index contributed by atoms with van der Waals surface area (Å²) in [6, 6.07) is 16.1. The van der Waals surface area contributed by atoms with E-state index in [0.29, 0.717) is 40.8 Å². The molecule has 0 fully saturated rings. The van der Waals surface area contributed by atoms with Gasteiger partial charge in [-0.2, -0.15) is 0 Å². The van der Waals surface area contributed by atoms with Crippen LogP contribution < -0.4 is 20.1 Å². The van der Waals surface area contributed by atoms with Crippen molar-refractivity contribution >= 4 is 28.8 Å². The second-order valence-electron chi connectivity index (χ2n) is 6.85. The maximum atomic E-state index is 12.8. The molecule has 0 radical (unpaired) electrons. The summed E-state index contributed by atoms with van der Waals surface area (Å²) in [5.41, 5.74) is 1.75. The van der Waals surface area contributed by atoms with E-state index in [0.717, 1.165) is 18.4 Å². The van der Waals surface area contributed by atoms with Crippen LogP contribution in [0.3, 0.4) is 0 Å². The lowest BCUT2D eigenvalue weighted by molar-refractivity contribution is 0.0951. The molecule has 0 aliphatic heterocycles. The van der Waals surface area contributed by atoms with Crippen molar-refractivity contribution in [3.05, 3.63) is 76.0 Å². The van der Waals surface area contributed by atoms with Gasteiger partial charge in [-0.1, -0.05) is 37.6 Å². The van der Waals surface area contributed by atoms with Gasteiger partial charge in [0.2, 0.25) is 0 Å². The number of thiophene rings is 1. The van der Waals surface area contributed by atoms with Crippen molar-refractivity contribution in [3.8, 4) is 11.5 Å². The Morgan fingerprint density at radius 1 is 1.00 bits per heavy atom. The number of unbranched alkanes of at least 4 members (excludes halogenated alkanes) is 1. The number of anilines is 1. The Kier molecular flexibility index (Phi) is 8.06. The first-order chi connectivity index (χ1) is 15.1. The van der Waals surface area contributed by atoms with Crippen molar-refractivity contribution in [2.24, 2.45) is 0 Å². The summed E-state index contributed by atoms with van der Waals surface area (Å²) < 4.78 is 11.2. The summed E-state index contributed by atoms with van der Waals surface area (Å²) in [5.74, 6) is 0.807. The predicted octanol–water partition coefficient (Wildman–Crippen LogP) is 5.12. The zero-order valence-corrected chi connectivity index (χ0v) is 18.5. The molecule has 2 N–H and O–H groups in total. The zero-order chi connectivity index (χ0) is 22.1. The molecule has 1 heterocycles. The Bertz CT molecular complexity index is 1020. The number of hydrogen-bond acceptors (Lipinski definition) is 5. The third-order valence-electron chi connectivity index (χ3n) is 4.60. The summed E-state index contributed by atoms with van der Waals surface area (Å²) >= 11 is 1.35. The van der Waals surface area contributed by atoms with Crippen LogP contribution in [-0.4, -0.2) is 25.5 Å². The van der Waals surface area contributed by atoms with Crippen molar-refractivity contribution < 1.29 is 19.1 Å². The fraction of sp³-hybridized carbons (Fsp3) is 0.250. The molecule has 0 aliphatic carbocycles. The van der Waals surface area contributed by atoms with Crippen LogP contribution in [-0.2, 0) is 6.54 Å². The summed E-state index contributed by atoms with van der Waals surface area (Å²) in [6.45, 7) is 3.06. The fourth-order valence-electron chi connectivity index (χ4n) is 2.93. The number of carbonyl (C=O) groups is 2.